The number of nitrogens with zero attached hydrogens (tertiary/aromatic N) is 9. The Bertz CT molecular complexity index is 3910. The Morgan fingerprint density at radius 1 is 0.355 bits per heavy atom. The zero-order chi connectivity index (χ0) is 101. The van der Waals surface area contributed by atoms with Crippen LogP contribution < -0.4 is 26.6 Å². The van der Waals surface area contributed by atoms with Crippen molar-refractivity contribution in [2.24, 2.45) is 0 Å². The van der Waals surface area contributed by atoms with E-state index in [0.717, 1.165) is 6.42 Å². The Balaban J connectivity index is 0.719. The van der Waals surface area contributed by atoms with Gasteiger partial charge in [-0.2, -0.15) is 0 Å². The Hall–Kier alpha value is -9.29. The summed E-state index contributed by atoms with van der Waals surface area (Å²) in [7, 11) is 0. The first kappa shape index (κ1) is 115. The van der Waals surface area contributed by atoms with Crippen LogP contribution in [0.3, 0.4) is 0 Å². The maximum absolute atomic E-state index is 14.2. The Morgan fingerprint density at radius 3 is 0.915 bits per heavy atom. The van der Waals surface area contributed by atoms with E-state index in [0.29, 0.717) is 81.8 Å². The minimum atomic E-state index is -1.35. The van der Waals surface area contributed by atoms with Gasteiger partial charge in [0.05, 0.1) is 256 Å². The molecule has 53 heteroatoms. The number of ether oxygens (including phenoxy) is 27. The van der Waals surface area contributed by atoms with Crippen LogP contribution in [0.2, 0.25) is 0 Å². The molecule has 15 atom stereocenters. The second-order valence-electron chi connectivity index (χ2n) is 34.2. The van der Waals surface area contributed by atoms with Crippen LogP contribution in [0.5, 0.6) is 0 Å². The number of esters is 6. The maximum Gasteiger partial charge on any atom is 0.303 e. The average molecular weight is 2020 g/mol. The number of unbranched alkanes of at least 4 members (excludes halogenated alkanes) is 4. The number of aliphatic hydroxyl groups excluding tert-OH is 1. The molecule has 9 rings (SSSR count). The number of carbonyl (C=O) groups excluding carboxylic acids is 11. The highest BCUT2D eigenvalue weighted by atomic mass is 16.8. The molecular formula is C88H140N14O39. The van der Waals surface area contributed by atoms with Gasteiger partial charge < -0.3 is 160 Å². The Kier molecular flexibility index (Phi) is 50.5. The summed E-state index contributed by atoms with van der Waals surface area (Å²) in [5.41, 5.74) is -3.95. The number of hydrogen-bond donors (Lipinski definition) is 6. The van der Waals surface area contributed by atoms with Gasteiger partial charge in [-0.05, 0) is 25.7 Å². The van der Waals surface area contributed by atoms with E-state index in [1.165, 1.54) is 62.3 Å². The van der Waals surface area contributed by atoms with Crippen LogP contribution in [0.15, 0.2) is 18.6 Å². The SMILES string of the molecule is CC(=O)NC1[C@H]2OC[C@](COCCOCCOCCOCCn3cc(COCC(COCc4cn(CCOCCOCCOCCOC[C@@]56CO[C@@H](O5)[C@H](NC(C)=O)[C@@H](OC(C)=O)[C@H]6OC(C)=O)nn4)(COCc4cn(CCOCCOCCOCCOC[C@@]56CO[C@@H](O5)[C@H](NC(C)=O)[C@@H](OC(C)=O)[C@H]6OC(C)=O)nn4)NC(=O)CCCCCNC(=O)CCCCCO)nn3)(O2)[C@H](OC(C)=O)[C@@H]1OC(C)=O. The van der Waals surface area contributed by atoms with E-state index in [1.54, 1.807) is 32.6 Å². The predicted molar refractivity (Wildman–Crippen MR) is 474 cm³/mol. The molecule has 3 aromatic rings. The van der Waals surface area contributed by atoms with Crippen LogP contribution in [0.1, 0.15) is 131 Å². The van der Waals surface area contributed by atoms with Crippen LogP contribution in [0, 0.1) is 0 Å². The van der Waals surface area contributed by atoms with Gasteiger partial charge in [0.15, 0.2) is 72.3 Å². The van der Waals surface area contributed by atoms with Gasteiger partial charge in [0, 0.05) is 88.3 Å². The molecule has 6 bridgehead atoms. The highest BCUT2D eigenvalue weighted by molar-refractivity contribution is 5.78. The molecular weight excluding hydrogens is 1880 g/mol. The highest BCUT2D eigenvalue weighted by Crippen LogP contribution is 2.44. The molecule has 6 saturated heterocycles. The first-order valence-electron chi connectivity index (χ1n) is 47.2. The summed E-state index contributed by atoms with van der Waals surface area (Å²) < 4.78 is 163. The minimum absolute atomic E-state index is 0.0459. The third-order valence-electron chi connectivity index (χ3n) is 22.1. The molecule has 141 heavy (non-hydrogen) atoms. The van der Waals surface area contributed by atoms with E-state index in [9.17, 15) is 52.7 Å². The van der Waals surface area contributed by atoms with Gasteiger partial charge in [0.1, 0.15) is 40.7 Å². The lowest BCUT2D eigenvalue weighted by Gasteiger charge is -2.45. The summed E-state index contributed by atoms with van der Waals surface area (Å²) >= 11 is 0. The number of fused-ring (bicyclic) bond motifs is 6. The largest absolute Gasteiger partial charge is 0.456 e. The van der Waals surface area contributed by atoms with E-state index >= 15 is 0 Å². The normalized spacial score (nSPS) is 23.8. The summed E-state index contributed by atoms with van der Waals surface area (Å²) in [4.78, 5) is 136. The van der Waals surface area contributed by atoms with Crippen molar-refractivity contribution < 1.29 is 186 Å². The molecule has 796 valence electrons. The molecule has 0 aromatic carbocycles. The molecule has 6 fully saturated rings. The van der Waals surface area contributed by atoms with Gasteiger partial charge in [-0.1, -0.05) is 28.5 Å². The smallest absolute Gasteiger partial charge is 0.303 e. The first-order chi connectivity index (χ1) is 68.0. The van der Waals surface area contributed by atoms with Crippen LogP contribution in [-0.2, 0) is 220 Å². The number of aromatic nitrogens is 9. The molecule has 0 saturated carbocycles. The number of carbonyl (C=O) groups is 11. The monoisotopic (exact) mass is 2020 g/mol. The lowest BCUT2D eigenvalue weighted by Crippen LogP contribution is -2.68. The standard InChI is InChI=1S/C88H140N14O39/c1-59(104)90-73-76(133-62(4)107)79(136-65(7)110)86(56-130-82(73)139-86)53-124-41-38-121-35-32-118-29-26-115-23-19-100-44-68(94-97-100)47-127-50-85(93-72(114)17-12-10-14-18-89-71(113)16-13-11-15-22-103,51-128-48-69-45-101(98-95-69)20-24-116-27-30-119-33-36-122-39-42-125-54-87-57-131-83(140-87)74(91-60(2)105)77(134-63(5)108)80(87)137-66(8)111)52-129-49-70-46-102(99-96-70)21-25-117-28-31-120-34-37-123-40-43-126-55-88-58-132-84(141-88)75(92-61(3)106)78(135-64(6)109)81(88)138-67(9)112/h44-46,73-84,103H,10-43,47-58H2,1-9H3,(H,89,113)(H,90,104)(H,91,105)(H,92,106)(H,93,114)/t73-,74-,75?,76-,77-,78-,79-,80-,81-,82+,83+,84+,86+,87+,88+/m1/s1. The van der Waals surface area contributed by atoms with E-state index < -0.39 is 149 Å². The van der Waals surface area contributed by atoms with Crippen LogP contribution in [-0.4, -0.2) is 423 Å². The molecule has 0 spiro atoms. The molecule has 9 heterocycles. The van der Waals surface area contributed by atoms with Gasteiger partial charge in [0.25, 0.3) is 0 Å². The van der Waals surface area contributed by atoms with Gasteiger partial charge in [-0.3, -0.25) is 52.7 Å². The summed E-state index contributed by atoms with van der Waals surface area (Å²) in [6, 6.07) is -2.84. The van der Waals surface area contributed by atoms with E-state index in [4.69, 9.17) is 133 Å². The van der Waals surface area contributed by atoms with Gasteiger partial charge in [0.2, 0.25) is 29.5 Å². The topological polar surface area (TPSA) is 609 Å². The van der Waals surface area contributed by atoms with Crippen LogP contribution in [0.4, 0.5) is 0 Å². The van der Waals surface area contributed by atoms with E-state index in [2.05, 4.69) is 57.5 Å². The summed E-state index contributed by atoms with van der Waals surface area (Å²) in [6.07, 6.45) is -0.421. The van der Waals surface area contributed by atoms with Crippen molar-refractivity contribution in [1.82, 2.24) is 71.6 Å². The van der Waals surface area contributed by atoms with Gasteiger partial charge >= 0.3 is 35.8 Å². The quantitative estimate of drug-likeness (QED) is 0.0188. The molecule has 6 aliphatic heterocycles. The van der Waals surface area contributed by atoms with Crippen molar-refractivity contribution in [2.75, 3.05) is 211 Å². The Morgan fingerprint density at radius 2 is 0.631 bits per heavy atom. The van der Waals surface area contributed by atoms with Gasteiger partial charge in [-0.25, -0.2) is 14.0 Å². The first-order valence-corrected chi connectivity index (χ1v) is 47.2. The second kappa shape index (κ2) is 61.8. The van der Waals surface area contributed by atoms with E-state index in [-0.39, 0.29) is 243 Å². The summed E-state index contributed by atoms with van der Waals surface area (Å²) in [5.74, 6) is -5.66. The number of rotatable bonds is 75. The average Bonchev–Trinajstić information content (AvgIpc) is 1.61. The molecule has 6 aliphatic rings. The number of nitrogens with one attached hydrogen (secondary N) is 5. The fraction of sp³-hybridized carbons (Fsp3) is 0.807. The van der Waals surface area contributed by atoms with Crippen molar-refractivity contribution >= 4 is 65.4 Å². The number of amides is 5. The zero-order valence-electron chi connectivity index (χ0n) is 81.7. The van der Waals surface area contributed by atoms with Gasteiger partial charge in [-0.15, -0.1) is 15.3 Å². The molecule has 0 radical (unpaired) electrons. The molecule has 3 aromatic heterocycles. The maximum atomic E-state index is 14.2. The van der Waals surface area contributed by atoms with Crippen molar-refractivity contribution in [2.45, 2.75) is 249 Å². The third kappa shape index (κ3) is 40.0. The molecule has 1 unspecified atom stereocenters. The predicted octanol–water partition coefficient (Wildman–Crippen LogP) is -2.82. The number of aliphatic hydroxyl groups is 1. The summed E-state index contributed by atoms with van der Waals surface area (Å²) in [5, 5.41) is 49.1. The highest BCUT2D eigenvalue weighted by Gasteiger charge is 2.66. The van der Waals surface area contributed by atoms with Crippen molar-refractivity contribution in [1.29, 1.82) is 0 Å². The van der Waals surface area contributed by atoms with Crippen molar-refractivity contribution in [3.8, 4) is 0 Å². The molecule has 53 nitrogen and oxygen atoms in total. The fourth-order valence-corrected chi connectivity index (χ4v) is 16.0. The summed E-state index contributed by atoms with van der Waals surface area (Å²) in [6.45, 7) is 16.2. The zero-order valence-corrected chi connectivity index (χ0v) is 81.7. The van der Waals surface area contributed by atoms with Crippen LogP contribution >= 0.6 is 0 Å². The Labute approximate surface area is 815 Å². The molecule has 5 amide bonds. The lowest BCUT2D eigenvalue weighted by molar-refractivity contribution is -0.251. The fourth-order valence-electron chi connectivity index (χ4n) is 16.0. The number of hydrogen-bond acceptors (Lipinski definition) is 45. The molecule has 6 N–H and O–H groups in total. The van der Waals surface area contributed by atoms with Crippen molar-refractivity contribution in [3.63, 3.8) is 0 Å². The van der Waals surface area contributed by atoms with Crippen LogP contribution in [0.25, 0.3) is 0 Å². The van der Waals surface area contributed by atoms with Crippen molar-refractivity contribution in [3.05, 3.63) is 35.7 Å². The second-order valence-corrected chi connectivity index (χ2v) is 34.2. The van der Waals surface area contributed by atoms with E-state index in [1.807, 2.05) is 0 Å². The third-order valence-corrected chi connectivity index (χ3v) is 22.1. The lowest BCUT2D eigenvalue weighted by atomic mass is 9.87. The minimum Gasteiger partial charge on any atom is -0.456 e. The molecule has 0 aliphatic carbocycles.